The van der Waals surface area contributed by atoms with Crippen molar-refractivity contribution >= 4 is 17.8 Å². The van der Waals surface area contributed by atoms with Gasteiger partial charge < -0.3 is 40.3 Å². The van der Waals surface area contributed by atoms with E-state index >= 15 is 0 Å². The molecule has 5 atom stereocenters. The Morgan fingerprint density at radius 1 is 0.587 bits per heavy atom. The van der Waals surface area contributed by atoms with Crippen molar-refractivity contribution in [2.75, 3.05) is 19.8 Å². The second-order valence-electron chi connectivity index (χ2n) is 12.5. The highest BCUT2D eigenvalue weighted by Crippen LogP contribution is 2.13. The SMILES string of the molecule is CCCCCCCCCCCCOC(=O)CCC(NC(=O)[C@H](O)[C@@H](O)[C@@H](O)[C@H](O)CO)C(=O)OCCCCCCCCCCCC. The third-order valence-corrected chi connectivity index (χ3v) is 8.26. The molecule has 11 heteroatoms. The van der Waals surface area contributed by atoms with Crippen LogP contribution >= 0.6 is 0 Å². The number of unbranched alkanes of at least 4 members (excludes halogenated alkanes) is 18. The first kappa shape index (κ1) is 44.2. The van der Waals surface area contributed by atoms with Crippen molar-refractivity contribution in [3.63, 3.8) is 0 Å². The van der Waals surface area contributed by atoms with E-state index in [9.17, 15) is 34.8 Å². The van der Waals surface area contributed by atoms with Gasteiger partial charge in [-0.2, -0.15) is 0 Å². The van der Waals surface area contributed by atoms with Crippen molar-refractivity contribution in [1.82, 2.24) is 5.32 Å². The largest absolute Gasteiger partial charge is 0.466 e. The maximum Gasteiger partial charge on any atom is 0.328 e. The Labute approximate surface area is 277 Å². The lowest BCUT2D eigenvalue weighted by atomic mass is 10.0. The fourth-order valence-electron chi connectivity index (χ4n) is 5.16. The second kappa shape index (κ2) is 30.5. The molecule has 0 radical (unpaired) electrons. The molecule has 0 aliphatic rings. The molecule has 46 heavy (non-hydrogen) atoms. The Bertz CT molecular complexity index is 753. The van der Waals surface area contributed by atoms with Gasteiger partial charge in [0.15, 0.2) is 6.10 Å². The summed E-state index contributed by atoms with van der Waals surface area (Å²) in [6.07, 6.45) is 14.3. The number of amides is 1. The molecule has 0 aromatic rings. The van der Waals surface area contributed by atoms with Gasteiger partial charge in [0, 0.05) is 6.42 Å². The smallest absolute Gasteiger partial charge is 0.328 e. The number of carbonyl (C=O) groups excluding carboxylic acids is 3. The number of carbonyl (C=O) groups is 3. The van der Waals surface area contributed by atoms with Crippen molar-refractivity contribution in [3.8, 4) is 0 Å². The number of hydrogen-bond donors (Lipinski definition) is 6. The quantitative estimate of drug-likeness (QED) is 0.0440. The van der Waals surface area contributed by atoms with Gasteiger partial charge in [0.25, 0.3) is 5.91 Å². The monoisotopic (exact) mass is 661 g/mol. The summed E-state index contributed by atoms with van der Waals surface area (Å²) in [7, 11) is 0. The predicted octanol–water partition coefficient (Wildman–Crippen LogP) is 4.62. The lowest BCUT2D eigenvalue weighted by Gasteiger charge is -2.26. The Kier molecular flexibility index (Phi) is 29.3. The third-order valence-electron chi connectivity index (χ3n) is 8.26. The summed E-state index contributed by atoms with van der Waals surface area (Å²) in [5.74, 6) is -2.51. The summed E-state index contributed by atoms with van der Waals surface area (Å²) in [4.78, 5) is 37.8. The van der Waals surface area contributed by atoms with Gasteiger partial charge in [-0.15, -0.1) is 0 Å². The Morgan fingerprint density at radius 2 is 1.00 bits per heavy atom. The van der Waals surface area contributed by atoms with Gasteiger partial charge in [0.1, 0.15) is 24.4 Å². The summed E-state index contributed by atoms with van der Waals surface area (Å²) in [6.45, 7) is 3.91. The highest BCUT2D eigenvalue weighted by atomic mass is 16.5. The van der Waals surface area contributed by atoms with E-state index < -0.39 is 54.9 Å². The van der Waals surface area contributed by atoms with Crippen LogP contribution in [0.4, 0.5) is 0 Å². The minimum Gasteiger partial charge on any atom is -0.466 e. The molecule has 0 aliphatic heterocycles. The third kappa shape index (κ3) is 23.5. The van der Waals surface area contributed by atoms with Gasteiger partial charge in [-0.25, -0.2) is 4.79 Å². The van der Waals surface area contributed by atoms with Crippen molar-refractivity contribution in [2.24, 2.45) is 0 Å². The normalized spacial score (nSPS) is 14.7. The van der Waals surface area contributed by atoms with E-state index in [1.165, 1.54) is 83.5 Å². The summed E-state index contributed by atoms with van der Waals surface area (Å²) in [5, 5.41) is 50.9. The average molecular weight is 662 g/mol. The molecule has 0 saturated heterocycles. The zero-order valence-corrected chi connectivity index (χ0v) is 28.8. The number of aliphatic hydroxyl groups is 5. The zero-order valence-electron chi connectivity index (χ0n) is 28.8. The van der Waals surface area contributed by atoms with Crippen LogP contribution in [0, 0.1) is 0 Å². The summed E-state index contributed by atoms with van der Waals surface area (Å²) in [5.41, 5.74) is 0. The molecule has 1 unspecified atom stereocenters. The zero-order chi connectivity index (χ0) is 34.4. The first-order valence-electron chi connectivity index (χ1n) is 18.1. The van der Waals surface area contributed by atoms with Crippen LogP contribution in [0.1, 0.15) is 155 Å². The van der Waals surface area contributed by atoms with Crippen LogP contribution in [0.25, 0.3) is 0 Å². The number of aliphatic hydroxyl groups excluding tert-OH is 5. The minimum atomic E-state index is -2.21. The Hall–Kier alpha value is -1.79. The molecular formula is C35H67NO10. The molecule has 11 nitrogen and oxygen atoms in total. The van der Waals surface area contributed by atoms with Gasteiger partial charge in [0.05, 0.1) is 19.8 Å². The van der Waals surface area contributed by atoms with Crippen LogP contribution in [-0.2, 0) is 23.9 Å². The van der Waals surface area contributed by atoms with Crippen LogP contribution in [0.3, 0.4) is 0 Å². The van der Waals surface area contributed by atoms with Crippen molar-refractivity contribution in [1.29, 1.82) is 0 Å². The highest BCUT2D eigenvalue weighted by molar-refractivity contribution is 5.87. The van der Waals surface area contributed by atoms with Crippen molar-refractivity contribution in [2.45, 2.75) is 186 Å². The first-order chi connectivity index (χ1) is 22.2. The highest BCUT2D eigenvalue weighted by Gasteiger charge is 2.36. The van der Waals surface area contributed by atoms with Crippen LogP contribution in [-0.4, -0.2) is 93.7 Å². The van der Waals surface area contributed by atoms with Crippen molar-refractivity contribution < 1.29 is 49.4 Å². The van der Waals surface area contributed by atoms with E-state index in [1.807, 2.05) is 0 Å². The van der Waals surface area contributed by atoms with E-state index in [-0.39, 0.29) is 26.1 Å². The van der Waals surface area contributed by atoms with E-state index in [0.29, 0.717) is 6.42 Å². The number of nitrogens with one attached hydrogen (secondary N) is 1. The van der Waals surface area contributed by atoms with E-state index in [0.717, 1.165) is 38.5 Å². The maximum absolute atomic E-state index is 12.8. The fraction of sp³-hybridized carbons (Fsp3) is 0.914. The molecule has 0 aliphatic carbocycles. The van der Waals surface area contributed by atoms with E-state index in [4.69, 9.17) is 14.6 Å². The van der Waals surface area contributed by atoms with Crippen LogP contribution in [0.5, 0.6) is 0 Å². The molecule has 0 spiro atoms. The molecule has 0 heterocycles. The molecule has 6 N–H and O–H groups in total. The molecule has 0 aromatic heterocycles. The van der Waals surface area contributed by atoms with Gasteiger partial charge in [-0.1, -0.05) is 129 Å². The standard InChI is InChI=1S/C35H67NO10/c1-3-5-7-9-11-13-15-17-19-21-25-45-30(39)24-23-28(36-34(43)33(42)32(41)31(40)29(38)27-37)35(44)46-26-22-20-18-16-14-12-10-8-6-4-2/h28-29,31-33,37-38,40-42H,3-27H2,1-2H3,(H,36,43)/t28?,29-,31+,32+,33-/m1/s1. The van der Waals surface area contributed by atoms with Crippen molar-refractivity contribution in [3.05, 3.63) is 0 Å². The molecule has 0 aromatic carbocycles. The molecule has 0 fully saturated rings. The number of ether oxygens (including phenoxy) is 2. The summed E-state index contributed by atoms with van der Waals surface area (Å²) in [6, 6.07) is -1.30. The Balaban J connectivity index is 4.65. The van der Waals surface area contributed by atoms with E-state index in [1.54, 1.807) is 0 Å². The van der Waals surface area contributed by atoms with E-state index in [2.05, 4.69) is 19.2 Å². The molecule has 1 amide bonds. The molecular weight excluding hydrogens is 594 g/mol. The molecule has 272 valence electrons. The fourth-order valence-corrected chi connectivity index (χ4v) is 5.16. The lowest BCUT2D eigenvalue weighted by molar-refractivity contribution is -0.155. The number of rotatable bonds is 32. The topological polar surface area (TPSA) is 183 Å². The van der Waals surface area contributed by atoms with Gasteiger partial charge in [-0.3, -0.25) is 9.59 Å². The lowest BCUT2D eigenvalue weighted by Crippen LogP contribution is -2.54. The summed E-state index contributed by atoms with van der Waals surface area (Å²) < 4.78 is 10.7. The van der Waals surface area contributed by atoms with Crippen LogP contribution in [0.2, 0.25) is 0 Å². The molecule has 0 bridgehead atoms. The van der Waals surface area contributed by atoms with Gasteiger partial charge in [0.2, 0.25) is 0 Å². The number of hydrogen-bond acceptors (Lipinski definition) is 10. The van der Waals surface area contributed by atoms with Crippen LogP contribution < -0.4 is 5.32 Å². The second-order valence-corrected chi connectivity index (χ2v) is 12.5. The van der Waals surface area contributed by atoms with Gasteiger partial charge >= 0.3 is 11.9 Å². The predicted molar refractivity (Wildman–Crippen MR) is 178 cm³/mol. The average Bonchev–Trinajstić information content (AvgIpc) is 3.06. The maximum atomic E-state index is 12.8. The number of esters is 2. The first-order valence-corrected chi connectivity index (χ1v) is 18.1. The molecule has 0 rings (SSSR count). The summed E-state index contributed by atoms with van der Waals surface area (Å²) >= 11 is 0. The molecule has 0 saturated carbocycles. The van der Waals surface area contributed by atoms with Crippen LogP contribution in [0.15, 0.2) is 0 Å². The Morgan fingerprint density at radius 3 is 1.43 bits per heavy atom. The minimum absolute atomic E-state index is 0.136. The van der Waals surface area contributed by atoms with Gasteiger partial charge in [-0.05, 0) is 19.3 Å².